The lowest BCUT2D eigenvalue weighted by molar-refractivity contribution is 0.308. The van der Waals surface area contributed by atoms with Crippen molar-refractivity contribution in [3.05, 3.63) is 53.7 Å². The van der Waals surface area contributed by atoms with Crippen molar-refractivity contribution in [2.75, 3.05) is 30.3 Å². The Balaban J connectivity index is 1.57. The predicted octanol–water partition coefficient (Wildman–Crippen LogP) is 3.50. The Hall–Kier alpha value is -2.62. The van der Waals surface area contributed by atoms with E-state index in [1.807, 2.05) is 12.1 Å². The summed E-state index contributed by atoms with van der Waals surface area (Å²) in [5.41, 5.74) is 11.6. The van der Waals surface area contributed by atoms with E-state index >= 15 is 0 Å². The molecule has 0 spiro atoms. The van der Waals surface area contributed by atoms with Gasteiger partial charge in [-0.25, -0.2) is 0 Å². The van der Waals surface area contributed by atoms with Crippen molar-refractivity contribution in [2.24, 2.45) is 0 Å². The van der Waals surface area contributed by atoms with Crippen LogP contribution in [-0.2, 0) is 6.42 Å². The number of benzene rings is 2. The van der Waals surface area contributed by atoms with Gasteiger partial charge in [-0.05, 0) is 36.6 Å². The Kier molecular flexibility index (Phi) is 3.37. The van der Waals surface area contributed by atoms with Crippen molar-refractivity contribution in [3.63, 3.8) is 0 Å². The molecule has 0 saturated carbocycles. The number of ether oxygens (including phenoxy) is 1. The molecule has 2 heterocycles. The number of nitrogens with two attached hydrogens (primary N) is 1. The number of rotatable bonds is 3. The maximum absolute atomic E-state index is 5.85. The van der Waals surface area contributed by atoms with E-state index in [9.17, 15) is 0 Å². The van der Waals surface area contributed by atoms with Crippen LogP contribution in [0, 0.1) is 6.92 Å². The number of fused-ring (bicyclic) bond motifs is 2. The number of hydrogen-bond donors (Lipinski definition) is 2. The van der Waals surface area contributed by atoms with E-state index in [4.69, 9.17) is 10.5 Å². The molecule has 0 unspecified atom stereocenters. The Morgan fingerprint density at radius 1 is 1.26 bits per heavy atom. The first-order valence-electron chi connectivity index (χ1n) is 8.05. The van der Waals surface area contributed by atoms with Crippen molar-refractivity contribution in [3.8, 4) is 5.75 Å². The number of nitrogens with zero attached hydrogens (tertiary/aromatic N) is 1. The topological polar surface area (TPSA) is 54.3 Å². The largest absolute Gasteiger partial charge is 0.489 e. The minimum Gasteiger partial charge on any atom is -0.489 e. The molecule has 4 rings (SSSR count). The second kappa shape index (κ2) is 5.54. The lowest BCUT2D eigenvalue weighted by Gasteiger charge is -2.31. The molecule has 1 aromatic heterocycles. The van der Waals surface area contributed by atoms with Gasteiger partial charge in [-0.3, -0.25) is 0 Å². The third-order valence-corrected chi connectivity index (χ3v) is 4.60. The molecule has 23 heavy (non-hydrogen) atoms. The molecular weight excluding hydrogens is 286 g/mol. The Labute approximate surface area is 135 Å². The van der Waals surface area contributed by atoms with Gasteiger partial charge in [0, 0.05) is 35.4 Å². The van der Waals surface area contributed by atoms with Gasteiger partial charge in [0.05, 0.1) is 12.2 Å². The van der Waals surface area contributed by atoms with Gasteiger partial charge in [0.25, 0.3) is 0 Å². The number of aromatic amines is 1. The number of nitrogens with one attached hydrogen (secondary N) is 1. The summed E-state index contributed by atoms with van der Waals surface area (Å²) in [6, 6.07) is 12.4. The van der Waals surface area contributed by atoms with Gasteiger partial charge in [0.2, 0.25) is 0 Å². The van der Waals surface area contributed by atoms with E-state index in [1.165, 1.54) is 22.0 Å². The van der Waals surface area contributed by atoms with Crippen LogP contribution in [0.2, 0.25) is 0 Å². The quantitative estimate of drug-likeness (QED) is 0.728. The minimum absolute atomic E-state index is 0.712. The van der Waals surface area contributed by atoms with Crippen molar-refractivity contribution < 1.29 is 4.74 Å². The predicted molar refractivity (Wildman–Crippen MR) is 95.3 cm³/mol. The molecule has 1 aliphatic heterocycles. The number of aromatic nitrogens is 1. The third kappa shape index (κ3) is 2.50. The number of aryl methyl sites for hydroxylation is 1. The highest BCUT2D eigenvalue weighted by Gasteiger charge is 2.18. The van der Waals surface area contributed by atoms with E-state index < -0.39 is 0 Å². The highest BCUT2D eigenvalue weighted by molar-refractivity contribution is 5.85. The van der Waals surface area contributed by atoms with Gasteiger partial charge in [0.15, 0.2) is 0 Å². The first-order chi connectivity index (χ1) is 11.2. The molecule has 3 aromatic rings. The molecule has 0 atom stereocenters. The van der Waals surface area contributed by atoms with E-state index in [1.54, 1.807) is 0 Å². The average Bonchev–Trinajstić information content (AvgIpc) is 2.97. The highest BCUT2D eigenvalue weighted by Crippen LogP contribution is 2.33. The average molecular weight is 307 g/mol. The van der Waals surface area contributed by atoms with Crippen LogP contribution in [-0.4, -0.2) is 24.7 Å². The smallest absolute Gasteiger partial charge is 0.144 e. The number of nitrogen functional groups attached to an aromatic ring is 1. The molecule has 3 N–H and O–H groups in total. The third-order valence-electron chi connectivity index (χ3n) is 4.60. The van der Waals surface area contributed by atoms with Gasteiger partial charge in [-0.15, -0.1) is 0 Å². The molecule has 2 aromatic carbocycles. The van der Waals surface area contributed by atoms with Crippen molar-refractivity contribution in [2.45, 2.75) is 13.3 Å². The second-order valence-corrected chi connectivity index (χ2v) is 6.12. The van der Waals surface area contributed by atoms with Gasteiger partial charge >= 0.3 is 0 Å². The van der Waals surface area contributed by atoms with E-state index in [2.05, 4.69) is 47.3 Å². The lowest BCUT2D eigenvalue weighted by atomic mass is 10.1. The molecule has 0 amide bonds. The van der Waals surface area contributed by atoms with Crippen LogP contribution in [0.3, 0.4) is 0 Å². The summed E-state index contributed by atoms with van der Waals surface area (Å²) in [6.45, 7) is 4.74. The van der Waals surface area contributed by atoms with Crippen LogP contribution in [0.4, 0.5) is 11.4 Å². The van der Waals surface area contributed by atoms with Crippen LogP contribution in [0.5, 0.6) is 5.75 Å². The first-order valence-corrected chi connectivity index (χ1v) is 8.05. The number of hydrogen-bond acceptors (Lipinski definition) is 3. The van der Waals surface area contributed by atoms with Gasteiger partial charge in [0.1, 0.15) is 12.4 Å². The summed E-state index contributed by atoms with van der Waals surface area (Å²) >= 11 is 0. The molecule has 0 bridgehead atoms. The molecule has 4 heteroatoms. The Bertz CT molecular complexity index is 853. The highest BCUT2D eigenvalue weighted by atomic mass is 16.5. The molecule has 1 aliphatic rings. The Morgan fingerprint density at radius 3 is 3.09 bits per heavy atom. The van der Waals surface area contributed by atoms with E-state index in [-0.39, 0.29) is 0 Å². The summed E-state index contributed by atoms with van der Waals surface area (Å²) in [5, 5.41) is 1.33. The van der Waals surface area contributed by atoms with Crippen LogP contribution in [0.1, 0.15) is 11.1 Å². The molecule has 118 valence electrons. The SMILES string of the molecule is Cc1cccc2c(CCN3CCOc4cc(N)ccc43)c[nH]c12. The summed E-state index contributed by atoms with van der Waals surface area (Å²) < 4.78 is 5.73. The first kappa shape index (κ1) is 14.0. The second-order valence-electron chi connectivity index (χ2n) is 6.12. The monoisotopic (exact) mass is 307 g/mol. The normalized spacial score (nSPS) is 13.9. The lowest BCUT2D eigenvalue weighted by Crippen LogP contribution is -2.34. The van der Waals surface area contributed by atoms with E-state index in [0.29, 0.717) is 6.61 Å². The zero-order valence-corrected chi connectivity index (χ0v) is 13.3. The molecule has 0 fully saturated rings. The standard InChI is InChI=1S/C19H21N3O/c1-13-3-2-4-16-14(12-21-19(13)16)7-8-22-9-10-23-18-11-15(20)5-6-17(18)22/h2-6,11-12,21H,7-10,20H2,1H3. The molecule has 0 radical (unpaired) electrons. The maximum Gasteiger partial charge on any atom is 0.144 e. The minimum atomic E-state index is 0.712. The fourth-order valence-corrected chi connectivity index (χ4v) is 3.35. The van der Waals surface area contributed by atoms with Crippen LogP contribution >= 0.6 is 0 Å². The van der Waals surface area contributed by atoms with Gasteiger partial charge < -0.3 is 20.4 Å². The zero-order valence-electron chi connectivity index (χ0n) is 13.3. The van der Waals surface area contributed by atoms with Crippen LogP contribution in [0.15, 0.2) is 42.6 Å². The molecular formula is C19H21N3O. The zero-order chi connectivity index (χ0) is 15.8. The number of para-hydroxylation sites is 1. The summed E-state index contributed by atoms with van der Waals surface area (Å²) in [6.07, 6.45) is 3.15. The number of H-pyrrole nitrogens is 1. The van der Waals surface area contributed by atoms with Crippen molar-refractivity contribution in [1.82, 2.24) is 4.98 Å². The molecule has 0 saturated heterocycles. The number of anilines is 2. The summed E-state index contributed by atoms with van der Waals surface area (Å²) in [4.78, 5) is 5.79. The van der Waals surface area contributed by atoms with Crippen LogP contribution < -0.4 is 15.4 Å². The fourth-order valence-electron chi connectivity index (χ4n) is 3.35. The van der Waals surface area contributed by atoms with E-state index in [0.717, 1.165) is 36.6 Å². The van der Waals surface area contributed by atoms with Crippen LogP contribution in [0.25, 0.3) is 10.9 Å². The van der Waals surface area contributed by atoms with Crippen molar-refractivity contribution in [1.29, 1.82) is 0 Å². The fraction of sp³-hybridized carbons (Fsp3) is 0.263. The molecule has 0 aliphatic carbocycles. The van der Waals surface area contributed by atoms with Crippen molar-refractivity contribution >= 4 is 22.3 Å². The van der Waals surface area contributed by atoms with Gasteiger partial charge in [-0.1, -0.05) is 18.2 Å². The molecule has 4 nitrogen and oxygen atoms in total. The summed E-state index contributed by atoms with van der Waals surface area (Å²) in [5.74, 6) is 0.894. The Morgan fingerprint density at radius 2 is 2.17 bits per heavy atom. The summed E-state index contributed by atoms with van der Waals surface area (Å²) in [7, 11) is 0. The maximum atomic E-state index is 5.85. The van der Waals surface area contributed by atoms with Gasteiger partial charge in [-0.2, -0.15) is 0 Å².